The summed E-state index contributed by atoms with van der Waals surface area (Å²) in [6.07, 6.45) is 3.51. The van der Waals surface area contributed by atoms with Crippen LogP contribution >= 0.6 is 11.8 Å². The molecular weight excluding hydrogens is 274 g/mol. The van der Waals surface area contributed by atoms with E-state index in [1.54, 1.807) is 4.57 Å². The number of aromatic nitrogens is 4. The lowest BCUT2D eigenvalue weighted by molar-refractivity contribution is 0.603. The van der Waals surface area contributed by atoms with Crippen LogP contribution in [0.25, 0.3) is 0 Å². The second-order valence-electron chi connectivity index (χ2n) is 4.75. The molecule has 0 fully saturated rings. The summed E-state index contributed by atoms with van der Waals surface area (Å²) < 4.78 is 1.63. The third-order valence-electron chi connectivity index (χ3n) is 2.72. The van der Waals surface area contributed by atoms with Crippen LogP contribution in [-0.4, -0.2) is 25.8 Å². The first kappa shape index (κ1) is 14.8. The van der Waals surface area contributed by atoms with Crippen LogP contribution in [0.2, 0.25) is 0 Å². The van der Waals surface area contributed by atoms with Crippen molar-refractivity contribution in [2.45, 2.75) is 49.5 Å². The van der Waals surface area contributed by atoms with Crippen molar-refractivity contribution < 1.29 is 0 Å². The Labute approximate surface area is 121 Å². The van der Waals surface area contributed by atoms with E-state index in [-0.39, 0.29) is 11.7 Å². The van der Waals surface area contributed by atoms with Crippen molar-refractivity contribution in [3.05, 3.63) is 34.4 Å². The monoisotopic (exact) mass is 293 g/mol. The number of hydrogen-bond donors (Lipinski definition) is 2. The van der Waals surface area contributed by atoms with E-state index >= 15 is 0 Å². The molecule has 108 valence electrons. The van der Waals surface area contributed by atoms with Gasteiger partial charge >= 0.3 is 5.69 Å². The maximum absolute atomic E-state index is 11.6. The van der Waals surface area contributed by atoms with Gasteiger partial charge in [-0.2, -0.15) is 0 Å². The normalized spacial score (nSPS) is 12.6. The lowest BCUT2D eigenvalue weighted by Crippen LogP contribution is -2.17. The van der Waals surface area contributed by atoms with Gasteiger partial charge in [0.15, 0.2) is 5.16 Å². The predicted octanol–water partition coefficient (Wildman–Crippen LogP) is 1.42. The largest absolute Gasteiger partial charge is 0.343 e. The highest BCUT2D eigenvalue weighted by Crippen LogP contribution is 2.23. The molecule has 0 radical (unpaired) electrons. The van der Waals surface area contributed by atoms with E-state index in [0.29, 0.717) is 11.7 Å². The molecule has 1 atom stereocenters. The Morgan fingerprint density at radius 3 is 2.90 bits per heavy atom. The zero-order valence-electron chi connectivity index (χ0n) is 11.7. The van der Waals surface area contributed by atoms with Crippen molar-refractivity contribution in [1.29, 1.82) is 0 Å². The summed E-state index contributed by atoms with van der Waals surface area (Å²) in [4.78, 5) is 16.0. The Morgan fingerprint density at radius 2 is 2.30 bits per heavy atom. The molecule has 0 bridgehead atoms. The van der Waals surface area contributed by atoms with Gasteiger partial charge in [-0.25, -0.2) is 14.9 Å². The molecule has 0 aliphatic rings. The second kappa shape index (κ2) is 6.71. The van der Waals surface area contributed by atoms with Crippen LogP contribution < -0.4 is 11.4 Å². The third-order valence-corrected chi connectivity index (χ3v) is 3.67. The highest BCUT2D eigenvalue weighted by atomic mass is 32.2. The number of nitrogens with zero attached hydrogens (tertiary/aromatic N) is 3. The van der Waals surface area contributed by atoms with Gasteiger partial charge in [0.25, 0.3) is 0 Å². The number of nitrogens with two attached hydrogens (primary N) is 1. The molecule has 6 nitrogen and oxygen atoms in total. The van der Waals surface area contributed by atoms with Gasteiger partial charge in [-0.1, -0.05) is 13.0 Å². The summed E-state index contributed by atoms with van der Waals surface area (Å²) >= 11 is 1.38. The summed E-state index contributed by atoms with van der Waals surface area (Å²) in [5, 5.41) is 7.96. The van der Waals surface area contributed by atoms with Gasteiger partial charge in [-0.3, -0.25) is 4.57 Å². The van der Waals surface area contributed by atoms with Crippen LogP contribution in [0.1, 0.15) is 25.8 Å². The van der Waals surface area contributed by atoms with Gasteiger partial charge < -0.3 is 5.73 Å². The third kappa shape index (κ3) is 3.71. The molecule has 0 aromatic carbocycles. The van der Waals surface area contributed by atoms with Crippen LogP contribution in [-0.2, 0) is 13.0 Å². The Kier molecular flexibility index (Phi) is 4.97. The molecule has 0 aliphatic carbocycles. The molecule has 2 heterocycles. The number of rotatable bonds is 6. The second-order valence-corrected chi connectivity index (χ2v) is 5.74. The topological polar surface area (TPSA) is 89.6 Å². The fraction of sp³-hybridized carbons (Fsp3) is 0.462. The van der Waals surface area contributed by atoms with Crippen molar-refractivity contribution in [1.82, 2.24) is 19.7 Å². The minimum Gasteiger partial charge on any atom is -0.328 e. The molecule has 0 saturated carbocycles. The van der Waals surface area contributed by atoms with Gasteiger partial charge in [0.1, 0.15) is 5.03 Å². The first-order chi connectivity index (χ1) is 9.60. The maximum Gasteiger partial charge on any atom is 0.343 e. The molecule has 20 heavy (non-hydrogen) atoms. The minimum absolute atomic E-state index is 0.122. The van der Waals surface area contributed by atoms with Crippen LogP contribution in [0.4, 0.5) is 0 Å². The van der Waals surface area contributed by atoms with Crippen LogP contribution in [0.5, 0.6) is 0 Å². The molecule has 0 spiro atoms. The molecule has 2 aromatic heterocycles. The summed E-state index contributed by atoms with van der Waals surface area (Å²) in [6, 6.07) is 4.06. The average molecular weight is 293 g/mol. The summed E-state index contributed by atoms with van der Waals surface area (Å²) in [5.41, 5.74) is 6.69. The fourth-order valence-electron chi connectivity index (χ4n) is 1.86. The van der Waals surface area contributed by atoms with E-state index < -0.39 is 0 Å². The van der Waals surface area contributed by atoms with Crippen molar-refractivity contribution in [3.8, 4) is 0 Å². The van der Waals surface area contributed by atoms with Gasteiger partial charge in [0.05, 0.1) is 0 Å². The zero-order valence-corrected chi connectivity index (χ0v) is 12.5. The summed E-state index contributed by atoms with van der Waals surface area (Å²) in [5.74, 6) is 0. The SMILES string of the molecule is CCCn1c(Sc2ccc(CC(C)N)cn2)n[nH]c1=O. The Hall–Kier alpha value is -1.60. The number of aromatic amines is 1. The highest BCUT2D eigenvalue weighted by Gasteiger charge is 2.10. The number of H-pyrrole nitrogens is 1. The van der Waals surface area contributed by atoms with Gasteiger partial charge in [0, 0.05) is 18.8 Å². The summed E-state index contributed by atoms with van der Waals surface area (Å²) in [6.45, 7) is 4.64. The number of nitrogens with one attached hydrogen (secondary N) is 1. The molecule has 7 heteroatoms. The quantitative estimate of drug-likeness (QED) is 0.840. The van der Waals surface area contributed by atoms with Crippen molar-refractivity contribution in [3.63, 3.8) is 0 Å². The van der Waals surface area contributed by atoms with Crippen LogP contribution in [0.3, 0.4) is 0 Å². The molecule has 2 rings (SSSR count). The molecule has 0 amide bonds. The van der Waals surface area contributed by atoms with E-state index in [9.17, 15) is 4.79 Å². The van der Waals surface area contributed by atoms with Crippen molar-refractivity contribution >= 4 is 11.8 Å². The molecular formula is C13H19N5OS. The van der Waals surface area contributed by atoms with E-state index in [1.165, 1.54) is 11.8 Å². The van der Waals surface area contributed by atoms with Crippen LogP contribution in [0.15, 0.2) is 33.3 Å². The molecule has 3 N–H and O–H groups in total. The fourth-order valence-corrected chi connectivity index (χ4v) is 2.66. The lowest BCUT2D eigenvalue weighted by atomic mass is 10.1. The van der Waals surface area contributed by atoms with Gasteiger partial charge in [0.2, 0.25) is 0 Å². The number of hydrogen-bond acceptors (Lipinski definition) is 5. The Morgan fingerprint density at radius 1 is 1.50 bits per heavy atom. The highest BCUT2D eigenvalue weighted by molar-refractivity contribution is 7.99. The Balaban J connectivity index is 2.12. The maximum atomic E-state index is 11.6. The van der Waals surface area contributed by atoms with Crippen molar-refractivity contribution in [2.24, 2.45) is 5.73 Å². The Bertz CT molecular complexity index is 602. The van der Waals surface area contributed by atoms with Crippen molar-refractivity contribution in [2.75, 3.05) is 0 Å². The van der Waals surface area contributed by atoms with E-state index in [0.717, 1.165) is 23.4 Å². The van der Waals surface area contributed by atoms with Gasteiger partial charge in [-0.15, -0.1) is 5.10 Å². The minimum atomic E-state index is -0.178. The summed E-state index contributed by atoms with van der Waals surface area (Å²) in [7, 11) is 0. The lowest BCUT2D eigenvalue weighted by Gasteiger charge is -2.06. The van der Waals surface area contributed by atoms with E-state index in [2.05, 4.69) is 15.2 Å². The van der Waals surface area contributed by atoms with E-state index in [4.69, 9.17) is 5.73 Å². The molecule has 2 aromatic rings. The molecule has 1 unspecified atom stereocenters. The first-order valence-corrected chi connectivity index (χ1v) is 7.45. The molecule has 0 aliphatic heterocycles. The zero-order chi connectivity index (χ0) is 14.5. The predicted molar refractivity (Wildman–Crippen MR) is 78.9 cm³/mol. The smallest absolute Gasteiger partial charge is 0.328 e. The average Bonchev–Trinajstić information content (AvgIpc) is 2.74. The van der Waals surface area contributed by atoms with Crippen LogP contribution in [0, 0.1) is 0 Å². The van der Waals surface area contributed by atoms with E-state index in [1.807, 2.05) is 32.2 Å². The number of pyridine rings is 1. The first-order valence-electron chi connectivity index (χ1n) is 6.63. The standard InChI is InChI=1S/C13H19N5OS/c1-3-6-18-12(19)16-17-13(18)20-11-5-4-10(8-15-11)7-9(2)14/h4-5,8-9H,3,6-7,14H2,1-2H3,(H,16,19). The molecule has 0 saturated heterocycles. The van der Waals surface area contributed by atoms with Gasteiger partial charge in [-0.05, 0) is 43.2 Å².